The first-order valence-electron chi connectivity index (χ1n) is 5.60. The lowest BCUT2D eigenvalue weighted by atomic mass is 10.1. The monoisotopic (exact) mass is 287 g/mol. The van der Waals surface area contributed by atoms with E-state index in [0.717, 1.165) is 12.3 Å². The van der Waals surface area contributed by atoms with E-state index in [-0.39, 0.29) is 41.7 Å². The van der Waals surface area contributed by atoms with E-state index in [1.165, 1.54) is 12.1 Å². The van der Waals surface area contributed by atoms with E-state index in [2.05, 4.69) is 0 Å². The van der Waals surface area contributed by atoms with Gasteiger partial charge in [0.25, 0.3) is 0 Å². The summed E-state index contributed by atoms with van der Waals surface area (Å²) in [5.74, 6) is -0.785. The van der Waals surface area contributed by atoms with Gasteiger partial charge in [-0.05, 0) is 19.2 Å². The number of carbonyl (C=O) groups is 1. The van der Waals surface area contributed by atoms with Gasteiger partial charge in [-0.15, -0.1) is 0 Å². The summed E-state index contributed by atoms with van der Waals surface area (Å²) in [7, 11) is -1.44. The molecule has 1 aromatic carbocycles. The molecule has 0 saturated heterocycles. The summed E-state index contributed by atoms with van der Waals surface area (Å²) in [5.41, 5.74) is 0.101. The van der Waals surface area contributed by atoms with Crippen LogP contribution in [0.25, 0.3) is 0 Å². The van der Waals surface area contributed by atoms with Crippen molar-refractivity contribution in [1.82, 2.24) is 4.90 Å². The lowest BCUT2D eigenvalue weighted by Crippen LogP contribution is -2.30. The van der Waals surface area contributed by atoms with E-state index in [4.69, 9.17) is 5.11 Å². The van der Waals surface area contributed by atoms with Gasteiger partial charge in [-0.3, -0.25) is 9.69 Å². The molecular formula is C12H17NO5S. The molecule has 106 valence electrons. The number of phenols is 2. The molecule has 0 aliphatic carbocycles. The first-order chi connectivity index (χ1) is 8.69. The average molecular weight is 287 g/mol. The van der Waals surface area contributed by atoms with Crippen molar-refractivity contribution in [2.45, 2.75) is 0 Å². The molecule has 0 aliphatic heterocycles. The molecule has 1 rings (SSSR count). The first-order valence-corrected chi connectivity index (χ1v) is 7.66. The van der Waals surface area contributed by atoms with Crippen molar-refractivity contribution >= 4 is 15.6 Å². The molecule has 6 nitrogen and oxygen atoms in total. The van der Waals surface area contributed by atoms with Crippen LogP contribution in [0, 0.1) is 0 Å². The van der Waals surface area contributed by atoms with Crippen molar-refractivity contribution in [3.63, 3.8) is 0 Å². The maximum Gasteiger partial charge on any atom is 0.180 e. The van der Waals surface area contributed by atoms with Gasteiger partial charge in [0.05, 0.1) is 17.9 Å². The van der Waals surface area contributed by atoms with Gasteiger partial charge in [-0.2, -0.15) is 0 Å². The summed E-state index contributed by atoms with van der Waals surface area (Å²) < 4.78 is 22.0. The normalized spacial score (nSPS) is 11.7. The van der Waals surface area contributed by atoms with E-state index in [9.17, 15) is 18.3 Å². The van der Waals surface area contributed by atoms with Crippen molar-refractivity contribution in [2.75, 3.05) is 32.1 Å². The zero-order chi connectivity index (χ0) is 14.6. The van der Waals surface area contributed by atoms with Gasteiger partial charge in [0.1, 0.15) is 21.3 Å². The summed E-state index contributed by atoms with van der Waals surface area (Å²) in [6.45, 7) is 0.233. The number of aromatic hydroxyl groups is 2. The van der Waals surface area contributed by atoms with E-state index in [1.54, 1.807) is 11.9 Å². The van der Waals surface area contributed by atoms with E-state index in [0.29, 0.717) is 0 Å². The molecule has 0 saturated carbocycles. The molecular weight excluding hydrogens is 270 g/mol. The van der Waals surface area contributed by atoms with E-state index in [1.807, 2.05) is 0 Å². The van der Waals surface area contributed by atoms with Crippen molar-refractivity contribution in [1.29, 1.82) is 0 Å². The van der Waals surface area contributed by atoms with Crippen LogP contribution in [0.15, 0.2) is 18.2 Å². The third kappa shape index (κ3) is 5.27. The van der Waals surface area contributed by atoms with Gasteiger partial charge in [-0.25, -0.2) is 8.42 Å². The Hall–Kier alpha value is -1.60. The van der Waals surface area contributed by atoms with Gasteiger partial charge < -0.3 is 10.2 Å². The Morgan fingerprint density at radius 1 is 1.32 bits per heavy atom. The number of benzene rings is 1. The van der Waals surface area contributed by atoms with Crippen LogP contribution in [0.4, 0.5) is 0 Å². The van der Waals surface area contributed by atoms with Crippen LogP contribution in [-0.2, 0) is 9.84 Å². The zero-order valence-corrected chi connectivity index (χ0v) is 11.6. The predicted molar refractivity (Wildman–Crippen MR) is 71.3 cm³/mol. The number of rotatable bonds is 6. The Morgan fingerprint density at radius 2 is 1.95 bits per heavy atom. The van der Waals surface area contributed by atoms with Gasteiger partial charge in [-0.1, -0.05) is 0 Å². The van der Waals surface area contributed by atoms with Crippen LogP contribution in [0.3, 0.4) is 0 Å². The Kier molecular flexibility index (Phi) is 4.90. The number of hydrogen-bond acceptors (Lipinski definition) is 6. The molecule has 0 bridgehead atoms. The predicted octanol–water partition coefficient (Wildman–Crippen LogP) is 0.257. The van der Waals surface area contributed by atoms with Gasteiger partial charge in [0, 0.05) is 18.9 Å². The smallest absolute Gasteiger partial charge is 0.180 e. The molecule has 0 radical (unpaired) electrons. The van der Waals surface area contributed by atoms with Gasteiger partial charge in [0.15, 0.2) is 5.78 Å². The average Bonchev–Trinajstić information content (AvgIpc) is 2.25. The summed E-state index contributed by atoms with van der Waals surface area (Å²) in [6.07, 6.45) is 1.13. The zero-order valence-electron chi connectivity index (χ0n) is 10.8. The van der Waals surface area contributed by atoms with Crippen molar-refractivity contribution in [3.05, 3.63) is 23.8 Å². The standard InChI is InChI=1S/C12H17NO5S/c1-13(5-6-19(2,17)18)8-12(16)10-4-3-9(14)7-11(10)15/h3-4,7,14-15H,5-6,8H2,1-2H3. The largest absolute Gasteiger partial charge is 0.508 e. The molecule has 0 aromatic heterocycles. The number of carbonyl (C=O) groups excluding carboxylic acids is 1. The van der Waals surface area contributed by atoms with Crippen molar-refractivity contribution in [2.24, 2.45) is 0 Å². The highest BCUT2D eigenvalue weighted by molar-refractivity contribution is 7.90. The Balaban J connectivity index is 2.64. The Morgan fingerprint density at radius 3 is 2.47 bits per heavy atom. The van der Waals surface area contributed by atoms with E-state index >= 15 is 0 Å². The molecule has 0 atom stereocenters. The lowest BCUT2D eigenvalue weighted by Gasteiger charge is -2.15. The molecule has 0 unspecified atom stereocenters. The Labute approximate surface area is 112 Å². The van der Waals surface area contributed by atoms with E-state index < -0.39 is 9.84 Å². The number of likely N-dealkylation sites (N-methyl/N-ethyl adjacent to an activating group) is 1. The minimum absolute atomic E-state index is 0.00610. The number of nitrogens with zero attached hydrogens (tertiary/aromatic N) is 1. The number of ketones is 1. The van der Waals surface area contributed by atoms with Crippen LogP contribution >= 0.6 is 0 Å². The molecule has 0 spiro atoms. The second-order valence-electron chi connectivity index (χ2n) is 4.49. The fourth-order valence-corrected chi connectivity index (χ4v) is 2.13. The Bertz CT molecular complexity index is 567. The summed E-state index contributed by atoms with van der Waals surface area (Å²) in [5, 5.41) is 18.7. The maximum atomic E-state index is 11.9. The van der Waals surface area contributed by atoms with Crippen LogP contribution in [0.1, 0.15) is 10.4 Å². The third-order valence-corrected chi connectivity index (χ3v) is 3.46. The van der Waals surface area contributed by atoms with Gasteiger partial charge >= 0.3 is 0 Å². The number of phenolic OH excluding ortho intramolecular Hbond substituents is 2. The SMILES string of the molecule is CN(CCS(C)(=O)=O)CC(=O)c1ccc(O)cc1O. The summed E-state index contributed by atoms with van der Waals surface area (Å²) >= 11 is 0. The van der Waals surface area contributed by atoms with Gasteiger partial charge in [0.2, 0.25) is 0 Å². The number of hydrogen-bond donors (Lipinski definition) is 2. The number of Topliss-reactive ketones (excluding diaryl/α,β-unsaturated/α-hetero) is 1. The van der Waals surface area contributed by atoms with Crippen molar-refractivity contribution in [3.8, 4) is 11.5 Å². The molecule has 0 aliphatic rings. The first kappa shape index (κ1) is 15.5. The second kappa shape index (κ2) is 6.03. The molecule has 2 N–H and O–H groups in total. The van der Waals surface area contributed by atoms with Crippen LogP contribution in [0.2, 0.25) is 0 Å². The van der Waals surface area contributed by atoms with Crippen LogP contribution in [0.5, 0.6) is 11.5 Å². The third-order valence-electron chi connectivity index (χ3n) is 2.54. The highest BCUT2D eigenvalue weighted by Crippen LogP contribution is 2.22. The van der Waals surface area contributed by atoms with Crippen LogP contribution < -0.4 is 0 Å². The molecule has 7 heteroatoms. The van der Waals surface area contributed by atoms with Crippen molar-refractivity contribution < 1.29 is 23.4 Å². The van der Waals surface area contributed by atoms with Crippen LogP contribution in [-0.4, -0.2) is 61.5 Å². The summed E-state index contributed by atoms with van der Waals surface area (Å²) in [4.78, 5) is 13.4. The quantitative estimate of drug-likeness (QED) is 0.729. The highest BCUT2D eigenvalue weighted by atomic mass is 32.2. The molecule has 1 aromatic rings. The summed E-state index contributed by atoms with van der Waals surface area (Å²) in [6, 6.07) is 3.73. The lowest BCUT2D eigenvalue weighted by molar-refractivity contribution is 0.0946. The fourth-order valence-electron chi connectivity index (χ4n) is 1.49. The maximum absolute atomic E-state index is 11.9. The minimum atomic E-state index is -3.07. The highest BCUT2D eigenvalue weighted by Gasteiger charge is 2.14. The molecule has 0 heterocycles. The minimum Gasteiger partial charge on any atom is -0.508 e. The topological polar surface area (TPSA) is 94.9 Å². The fraction of sp³-hybridized carbons (Fsp3) is 0.417. The number of sulfone groups is 1. The molecule has 0 amide bonds. The molecule has 0 fully saturated rings. The second-order valence-corrected chi connectivity index (χ2v) is 6.75. The molecule has 19 heavy (non-hydrogen) atoms.